The first-order chi connectivity index (χ1) is 8.08. The highest BCUT2D eigenvalue weighted by Crippen LogP contribution is 2.22. The summed E-state index contributed by atoms with van der Waals surface area (Å²) in [6.07, 6.45) is 4.12. The Labute approximate surface area is 103 Å². The molecule has 0 spiro atoms. The third-order valence-electron chi connectivity index (χ3n) is 3.73. The molecule has 0 unspecified atom stereocenters. The van der Waals surface area contributed by atoms with Gasteiger partial charge in [-0.3, -0.25) is 4.79 Å². The number of likely N-dealkylation sites (tertiary alicyclic amines) is 1. The first kappa shape index (κ1) is 12.4. The number of nitrogens with zero attached hydrogens (tertiary/aromatic N) is 2. The zero-order valence-corrected chi connectivity index (χ0v) is 11.0. The van der Waals surface area contributed by atoms with E-state index in [2.05, 4.69) is 18.7 Å². The van der Waals surface area contributed by atoms with Crippen molar-refractivity contribution in [3.05, 3.63) is 34.2 Å². The average molecular weight is 234 g/mol. The van der Waals surface area contributed by atoms with Crippen molar-refractivity contribution >= 4 is 0 Å². The summed E-state index contributed by atoms with van der Waals surface area (Å²) >= 11 is 0. The van der Waals surface area contributed by atoms with Crippen LogP contribution in [0.25, 0.3) is 0 Å². The Morgan fingerprint density at radius 3 is 2.47 bits per heavy atom. The van der Waals surface area contributed by atoms with Gasteiger partial charge in [-0.15, -0.1) is 0 Å². The fraction of sp³-hybridized carbons (Fsp3) is 0.643. The lowest BCUT2D eigenvalue weighted by atomic mass is 10.0. The number of hydrogen-bond acceptors (Lipinski definition) is 2. The summed E-state index contributed by atoms with van der Waals surface area (Å²) < 4.78 is 1.91. The fourth-order valence-corrected chi connectivity index (χ4v) is 2.57. The standard InChI is InChI=1S/C14H22N2O/c1-11(2)15-7-5-13(6-8-15)16-9-4-12(3)10-14(16)17/h4,9-11,13H,5-8H2,1-3H3. The molecule has 1 saturated heterocycles. The number of piperidine rings is 1. The average Bonchev–Trinajstić information content (AvgIpc) is 2.29. The van der Waals surface area contributed by atoms with Gasteiger partial charge in [0.2, 0.25) is 0 Å². The van der Waals surface area contributed by atoms with Crippen LogP contribution in [0.3, 0.4) is 0 Å². The molecule has 1 fully saturated rings. The van der Waals surface area contributed by atoms with Crippen molar-refractivity contribution in [1.82, 2.24) is 9.47 Å². The summed E-state index contributed by atoms with van der Waals surface area (Å²) in [5.41, 5.74) is 1.19. The largest absolute Gasteiger partial charge is 0.312 e. The van der Waals surface area contributed by atoms with Gasteiger partial charge in [0.15, 0.2) is 0 Å². The van der Waals surface area contributed by atoms with Crippen LogP contribution in [0.4, 0.5) is 0 Å². The quantitative estimate of drug-likeness (QED) is 0.784. The Bertz CT molecular complexity index is 428. The van der Waals surface area contributed by atoms with E-state index in [1.807, 2.05) is 23.8 Å². The van der Waals surface area contributed by atoms with E-state index < -0.39 is 0 Å². The Hall–Kier alpha value is -1.09. The van der Waals surface area contributed by atoms with Gasteiger partial charge in [0.1, 0.15) is 0 Å². The lowest BCUT2D eigenvalue weighted by Gasteiger charge is -2.35. The van der Waals surface area contributed by atoms with E-state index in [-0.39, 0.29) is 5.56 Å². The molecule has 0 aliphatic carbocycles. The molecule has 3 heteroatoms. The molecule has 0 saturated carbocycles. The molecule has 0 atom stereocenters. The molecule has 94 valence electrons. The molecule has 0 aromatic carbocycles. The van der Waals surface area contributed by atoms with Gasteiger partial charge >= 0.3 is 0 Å². The van der Waals surface area contributed by atoms with E-state index in [1.54, 1.807) is 6.07 Å². The maximum atomic E-state index is 11.9. The van der Waals surface area contributed by atoms with Crippen LogP contribution in [0.15, 0.2) is 23.1 Å². The van der Waals surface area contributed by atoms with Crippen LogP contribution in [0.1, 0.15) is 38.3 Å². The summed E-state index contributed by atoms with van der Waals surface area (Å²) in [5.74, 6) is 0. The smallest absolute Gasteiger partial charge is 0.251 e. The van der Waals surface area contributed by atoms with Crippen LogP contribution in [-0.2, 0) is 0 Å². The summed E-state index contributed by atoms with van der Waals surface area (Å²) in [7, 11) is 0. The minimum Gasteiger partial charge on any atom is -0.312 e. The molecule has 1 aliphatic rings. The van der Waals surface area contributed by atoms with Crippen LogP contribution in [0, 0.1) is 6.92 Å². The second kappa shape index (κ2) is 5.05. The van der Waals surface area contributed by atoms with Gasteiger partial charge in [0.05, 0.1) is 0 Å². The molecule has 2 heterocycles. The zero-order chi connectivity index (χ0) is 12.4. The number of aromatic nitrogens is 1. The lowest BCUT2D eigenvalue weighted by molar-refractivity contribution is 0.150. The Morgan fingerprint density at radius 2 is 1.94 bits per heavy atom. The monoisotopic (exact) mass is 234 g/mol. The van der Waals surface area contributed by atoms with E-state index in [4.69, 9.17) is 0 Å². The van der Waals surface area contributed by atoms with Crippen molar-refractivity contribution in [3.63, 3.8) is 0 Å². The molecule has 1 aromatic rings. The van der Waals surface area contributed by atoms with Gasteiger partial charge in [-0.2, -0.15) is 0 Å². The van der Waals surface area contributed by atoms with Crippen LogP contribution < -0.4 is 5.56 Å². The number of pyridine rings is 1. The van der Waals surface area contributed by atoms with Crippen LogP contribution >= 0.6 is 0 Å². The van der Waals surface area contributed by atoms with E-state index in [9.17, 15) is 4.79 Å². The Morgan fingerprint density at radius 1 is 1.29 bits per heavy atom. The summed E-state index contributed by atoms with van der Waals surface area (Å²) in [4.78, 5) is 14.4. The van der Waals surface area contributed by atoms with E-state index >= 15 is 0 Å². The molecule has 0 bridgehead atoms. The molecule has 2 rings (SSSR count). The predicted molar refractivity (Wildman–Crippen MR) is 70.4 cm³/mol. The first-order valence-electron chi connectivity index (χ1n) is 6.51. The van der Waals surface area contributed by atoms with Gasteiger partial charge in [-0.05, 0) is 45.2 Å². The third kappa shape index (κ3) is 2.78. The predicted octanol–water partition coefficient (Wildman–Crippen LogP) is 2.20. The number of aryl methyl sites for hydroxylation is 1. The molecule has 3 nitrogen and oxygen atoms in total. The fourth-order valence-electron chi connectivity index (χ4n) is 2.57. The highest BCUT2D eigenvalue weighted by atomic mass is 16.1. The van der Waals surface area contributed by atoms with Gasteiger partial charge in [0, 0.05) is 37.4 Å². The maximum absolute atomic E-state index is 11.9. The zero-order valence-electron chi connectivity index (χ0n) is 11.0. The molecule has 1 aromatic heterocycles. The van der Waals surface area contributed by atoms with Crippen molar-refractivity contribution in [1.29, 1.82) is 0 Å². The number of hydrogen-bond donors (Lipinski definition) is 0. The second-order valence-corrected chi connectivity index (χ2v) is 5.31. The SMILES string of the molecule is Cc1ccn(C2CCN(C(C)C)CC2)c(=O)c1. The van der Waals surface area contributed by atoms with Crippen molar-refractivity contribution in [2.24, 2.45) is 0 Å². The third-order valence-corrected chi connectivity index (χ3v) is 3.73. The molecule has 0 radical (unpaired) electrons. The van der Waals surface area contributed by atoms with Crippen molar-refractivity contribution in [3.8, 4) is 0 Å². The van der Waals surface area contributed by atoms with E-state index in [0.29, 0.717) is 12.1 Å². The first-order valence-corrected chi connectivity index (χ1v) is 6.51. The molecule has 0 N–H and O–H groups in total. The van der Waals surface area contributed by atoms with Crippen molar-refractivity contribution in [2.45, 2.75) is 45.7 Å². The molecule has 1 aliphatic heterocycles. The summed E-state index contributed by atoms with van der Waals surface area (Å²) in [5, 5.41) is 0. The van der Waals surface area contributed by atoms with E-state index in [1.165, 1.54) is 0 Å². The van der Waals surface area contributed by atoms with Gasteiger partial charge in [-0.1, -0.05) is 0 Å². The minimum absolute atomic E-state index is 0.146. The van der Waals surface area contributed by atoms with Crippen LogP contribution in [0.5, 0.6) is 0 Å². The topological polar surface area (TPSA) is 25.2 Å². The van der Waals surface area contributed by atoms with Crippen molar-refractivity contribution in [2.75, 3.05) is 13.1 Å². The molecular formula is C14H22N2O. The van der Waals surface area contributed by atoms with Crippen molar-refractivity contribution < 1.29 is 0 Å². The second-order valence-electron chi connectivity index (χ2n) is 5.31. The van der Waals surface area contributed by atoms with Crippen LogP contribution in [-0.4, -0.2) is 28.6 Å². The highest BCUT2D eigenvalue weighted by Gasteiger charge is 2.22. The Balaban J connectivity index is 2.08. The normalized spacial score (nSPS) is 18.8. The Kier molecular flexibility index (Phi) is 3.67. The lowest BCUT2D eigenvalue weighted by Crippen LogP contribution is -2.40. The highest BCUT2D eigenvalue weighted by molar-refractivity contribution is 5.09. The maximum Gasteiger partial charge on any atom is 0.251 e. The molecular weight excluding hydrogens is 212 g/mol. The summed E-state index contributed by atoms with van der Waals surface area (Å²) in [6.45, 7) is 8.63. The summed E-state index contributed by atoms with van der Waals surface area (Å²) in [6, 6.07) is 4.76. The van der Waals surface area contributed by atoms with Crippen LogP contribution in [0.2, 0.25) is 0 Å². The molecule has 17 heavy (non-hydrogen) atoms. The van der Waals surface area contributed by atoms with Gasteiger partial charge in [0.25, 0.3) is 5.56 Å². The number of rotatable bonds is 2. The minimum atomic E-state index is 0.146. The molecule has 0 amide bonds. The van der Waals surface area contributed by atoms with Gasteiger partial charge in [-0.25, -0.2) is 0 Å². The van der Waals surface area contributed by atoms with Gasteiger partial charge < -0.3 is 9.47 Å². The van der Waals surface area contributed by atoms with E-state index in [0.717, 1.165) is 31.5 Å².